The highest BCUT2D eigenvalue weighted by Gasteiger charge is 2.20. The highest BCUT2D eigenvalue weighted by Crippen LogP contribution is 2.07. The molecule has 0 spiro atoms. The van der Waals surface area contributed by atoms with Gasteiger partial charge in [0.15, 0.2) is 0 Å². The average Bonchev–Trinajstić information content (AvgIpc) is 2.14. The van der Waals surface area contributed by atoms with Gasteiger partial charge in [0, 0.05) is 6.42 Å². The van der Waals surface area contributed by atoms with Crippen LogP contribution in [0.1, 0.15) is 12.8 Å². The first-order valence-electron chi connectivity index (χ1n) is 2.46. The standard InChI is InChI=1S/C4H7NO3/c6-4-2-1-3-5(4)8-7/h7H,1-3H2. The molecule has 0 atom stereocenters. The van der Waals surface area contributed by atoms with Gasteiger partial charge < -0.3 is 0 Å². The van der Waals surface area contributed by atoms with Crippen LogP contribution in [0.25, 0.3) is 0 Å². The van der Waals surface area contributed by atoms with Crippen molar-refractivity contribution in [2.45, 2.75) is 12.8 Å². The lowest BCUT2D eigenvalue weighted by molar-refractivity contribution is -0.374. The van der Waals surface area contributed by atoms with Crippen LogP contribution in [0.2, 0.25) is 0 Å². The van der Waals surface area contributed by atoms with Crippen LogP contribution >= 0.6 is 0 Å². The van der Waals surface area contributed by atoms with Gasteiger partial charge in [0.1, 0.15) is 0 Å². The highest BCUT2D eigenvalue weighted by atomic mass is 17.2. The second-order valence-corrected chi connectivity index (χ2v) is 1.68. The van der Waals surface area contributed by atoms with Gasteiger partial charge in [-0.2, -0.15) is 5.06 Å². The largest absolute Gasteiger partial charge is 0.272 e. The van der Waals surface area contributed by atoms with Crippen molar-refractivity contribution in [3.8, 4) is 0 Å². The first-order valence-corrected chi connectivity index (χ1v) is 2.46. The number of carbonyl (C=O) groups is 1. The van der Waals surface area contributed by atoms with Crippen LogP contribution in [0, 0.1) is 0 Å². The molecule has 1 aliphatic rings. The highest BCUT2D eigenvalue weighted by molar-refractivity contribution is 5.76. The number of rotatable bonds is 1. The zero-order valence-electron chi connectivity index (χ0n) is 4.33. The van der Waals surface area contributed by atoms with E-state index in [0.717, 1.165) is 11.5 Å². The van der Waals surface area contributed by atoms with Crippen LogP contribution in [-0.2, 0) is 9.78 Å². The molecule has 1 rings (SSSR count). The smallest absolute Gasteiger partial charge is 0.248 e. The van der Waals surface area contributed by atoms with Gasteiger partial charge in [-0.25, -0.2) is 5.26 Å². The van der Waals surface area contributed by atoms with Gasteiger partial charge in [-0.1, -0.05) is 0 Å². The number of hydrogen-bond donors (Lipinski definition) is 1. The maximum atomic E-state index is 10.4. The summed E-state index contributed by atoms with van der Waals surface area (Å²) in [6.45, 7) is 0.509. The van der Waals surface area contributed by atoms with Crippen LogP contribution in [0.15, 0.2) is 0 Å². The molecule has 1 heterocycles. The topological polar surface area (TPSA) is 49.8 Å². The predicted molar refractivity (Wildman–Crippen MR) is 24.7 cm³/mol. The van der Waals surface area contributed by atoms with E-state index in [9.17, 15) is 4.79 Å². The average molecular weight is 117 g/mol. The lowest BCUT2D eigenvalue weighted by Crippen LogP contribution is -2.22. The third kappa shape index (κ3) is 0.801. The fraction of sp³-hybridized carbons (Fsp3) is 0.750. The van der Waals surface area contributed by atoms with E-state index in [0.29, 0.717) is 13.0 Å². The number of hydrogen-bond acceptors (Lipinski definition) is 3. The Morgan fingerprint density at radius 3 is 2.75 bits per heavy atom. The van der Waals surface area contributed by atoms with E-state index in [1.165, 1.54) is 0 Å². The van der Waals surface area contributed by atoms with Crippen molar-refractivity contribution < 1.29 is 15.0 Å². The summed E-state index contributed by atoms with van der Waals surface area (Å²) in [7, 11) is 0. The van der Waals surface area contributed by atoms with Gasteiger partial charge in [0.05, 0.1) is 6.54 Å². The molecule has 8 heavy (non-hydrogen) atoms. The molecule has 0 aromatic rings. The summed E-state index contributed by atoms with van der Waals surface area (Å²) in [6.07, 6.45) is 1.26. The van der Waals surface area contributed by atoms with Crippen molar-refractivity contribution in [2.75, 3.05) is 6.54 Å². The minimum atomic E-state index is -0.146. The van der Waals surface area contributed by atoms with Crippen LogP contribution in [0.4, 0.5) is 0 Å². The van der Waals surface area contributed by atoms with E-state index in [2.05, 4.69) is 4.99 Å². The van der Waals surface area contributed by atoms with E-state index >= 15 is 0 Å². The van der Waals surface area contributed by atoms with Gasteiger partial charge in [0.25, 0.3) is 0 Å². The Morgan fingerprint density at radius 1 is 1.75 bits per heavy atom. The third-order valence-electron chi connectivity index (χ3n) is 1.13. The lowest BCUT2D eigenvalue weighted by Gasteiger charge is -2.05. The van der Waals surface area contributed by atoms with E-state index in [1.54, 1.807) is 0 Å². The lowest BCUT2D eigenvalue weighted by atomic mass is 10.4. The molecule has 0 saturated carbocycles. The summed E-state index contributed by atoms with van der Waals surface area (Å²) >= 11 is 0. The molecule has 0 bridgehead atoms. The maximum Gasteiger partial charge on any atom is 0.248 e. The fourth-order valence-electron chi connectivity index (χ4n) is 0.710. The normalized spacial score (nSPS) is 20.1. The number of nitrogens with zero attached hydrogens (tertiary/aromatic N) is 1. The molecule has 0 unspecified atom stereocenters. The Kier molecular flexibility index (Phi) is 1.45. The molecule has 1 saturated heterocycles. The molecule has 0 aliphatic carbocycles. The van der Waals surface area contributed by atoms with Gasteiger partial charge in [0.2, 0.25) is 5.91 Å². The van der Waals surface area contributed by atoms with E-state index in [4.69, 9.17) is 5.26 Å². The molecule has 1 amide bonds. The molecule has 0 radical (unpaired) electrons. The van der Waals surface area contributed by atoms with Gasteiger partial charge in [-0.05, 0) is 6.42 Å². The van der Waals surface area contributed by atoms with E-state index in [-0.39, 0.29) is 5.91 Å². The Balaban J connectivity index is 2.42. The molecule has 0 aromatic heterocycles. The minimum absolute atomic E-state index is 0.146. The molecule has 4 nitrogen and oxygen atoms in total. The van der Waals surface area contributed by atoms with Crippen molar-refractivity contribution in [3.63, 3.8) is 0 Å². The SMILES string of the molecule is O=C1CCCN1OO. The van der Waals surface area contributed by atoms with Crippen molar-refractivity contribution in [1.29, 1.82) is 0 Å². The van der Waals surface area contributed by atoms with Gasteiger partial charge in [-0.3, -0.25) is 4.79 Å². The number of hydroxylamine groups is 2. The number of carbonyl (C=O) groups excluding carboxylic acids is 1. The van der Waals surface area contributed by atoms with Crippen LogP contribution in [0.5, 0.6) is 0 Å². The first-order chi connectivity index (χ1) is 3.84. The third-order valence-corrected chi connectivity index (χ3v) is 1.13. The van der Waals surface area contributed by atoms with Crippen molar-refractivity contribution in [1.82, 2.24) is 5.06 Å². The summed E-state index contributed by atoms with van der Waals surface area (Å²) in [5.41, 5.74) is 0. The summed E-state index contributed by atoms with van der Waals surface area (Å²) in [6, 6.07) is 0. The zero-order chi connectivity index (χ0) is 5.98. The first kappa shape index (κ1) is 5.53. The minimum Gasteiger partial charge on any atom is -0.272 e. The quantitative estimate of drug-likeness (QED) is 0.389. The Labute approximate surface area is 46.5 Å². The second kappa shape index (κ2) is 2.11. The fourth-order valence-corrected chi connectivity index (χ4v) is 0.710. The van der Waals surface area contributed by atoms with Crippen LogP contribution < -0.4 is 0 Å². The van der Waals surface area contributed by atoms with E-state index < -0.39 is 0 Å². The second-order valence-electron chi connectivity index (χ2n) is 1.68. The molecule has 46 valence electrons. The molecule has 1 N–H and O–H groups in total. The Bertz CT molecular complexity index is 103. The van der Waals surface area contributed by atoms with Crippen molar-refractivity contribution >= 4 is 5.91 Å². The molecule has 4 heteroatoms. The molecule has 0 aromatic carbocycles. The number of amides is 1. The zero-order valence-corrected chi connectivity index (χ0v) is 4.33. The predicted octanol–water partition coefficient (Wildman–Crippen LogP) is 0.0134. The summed E-state index contributed by atoms with van der Waals surface area (Å²) in [5.74, 6) is -0.146. The molecular formula is C4H7NO3. The monoisotopic (exact) mass is 117 g/mol. The Hall–Kier alpha value is -0.610. The van der Waals surface area contributed by atoms with Crippen LogP contribution in [0.3, 0.4) is 0 Å². The van der Waals surface area contributed by atoms with E-state index in [1.807, 2.05) is 0 Å². The molecule has 1 aliphatic heterocycles. The van der Waals surface area contributed by atoms with Gasteiger partial charge >= 0.3 is 0 Å². The van der Waals surface area contributed by atoms with Gasteiger partial charge in [-0.15, -0.1) is 4.99 Å². The van der Waals surface area contributed by atoms with Crippen molar-refractivity contribution in [2.24, 2.45) is 0 Å². The maximum absolute atomic E-state index is 10.4. The summed E-state index contributed by atoms with van der Waals surface area (Å²) in [5, 5.41) is 8.89. The summed E-state index contributed by atoms with van der Waals surface area (Å²) < 4.78 is 0. The van der Waals surface area contributed by atoms with Crippen molar-refractivity contribution in [3.05, 3.63) is 0 Å². The molecular weight excluding hydrogens is 110 g/mol. The van der Waals surface area contributed by atoms with Crippen LogP contribution in [-0.4, -0.2) is 22.8 Å². The molecule has 1 fully saturated rings. The Morgan fingerprint density at radius 2 is 2.50 bits per heavy atom. The summed E-state index contributed by atoms with van der Waals surface area (Å²) in [4.78, 5) is 14.2.